The summed E-state index contributed by atoms with van der Waals surface area (Å²) in [6.45, 7) is 0.208. The maximum atomic E-state index is 12.2. The van der Waals surface area contributed by atoms with Crippen LogP contribution < -0.4 is 10.1 Å². The van der Waals surface area contributed by atoms with Gasteiger partial charge >= 0.3 is 0 Å². The third-order valence-electron chi connectivity index (χ3n) is 4.45. The van der Waals surface area contributed by atoms with Crippen LogP contribution in [0.4, 0.5) is 0 Å². The van der Waals surface area contributed by atoms with Crippen LogP contribution >= 0.6 is 0 Å². The fourth-order valence-corrected chi connectivity index (χ4v) is 3.11. The molecule has 1 fully saturated rings. The minimum atomic E-state index is 0.00748. The lowest BCUT2D eigenvalue weighted by Crippen LogP contribution is -2.36. The number of rotatable bonds is 5. The van der Waals surface area contributed by atoms with Gasteiger partial charge in [-0.15, -0.1) is 5.10 Å². The maximum absolute atomic E-state index is 12.2. The van der Waals surface area contributed by atoms with Crippen LogP contribution in [0.5, 0.6) is 5.75 Å². The predicted molar refractivity (Wildman–Crippen MR) is 91.6 cm³/mol. The zero-order valence-electron chi connectivity index (χ0n) is 14.1. The molecule has 0 atom stereocenters. The van der Waals surface area contributed by atoms with Crippen molar-refractivity contribution in [3.8, 4) is 17.0 Å². The summed E-state index contributed by atoms with van der Waals surface area (Å²) in [5, 5.41) is 11.3. The topological polar surface area (TPSA) is 69.0 Å². The summed E-state index contributed by atoms with van der Waals surface area (Å²) in [4.78, 5) is 12.2. The molecular formula is C18H24N4O2. The SMILES string of the molecule is COc1ccc(-c2cn(CC(=O)NC3CCCCCC3)nn2)cc1. The molecule has 0 saturated heterocycles. The fourth-order valence-electron chi connectivity index (χ4n) is 3.11. The number of carbonyl (C=O) groups excluding carboxylic acids is 1. The molecule has 128 valence electrons. The normalized spacial score (nSPS) is 15.7. The maximum Gasteiger partial charge on any atom is 0.242 e. The summed E-state index contributed by atoms with van der Waals surface area (Å²) in [5.74, 6) is 0.807. The molecule has 1 aromatic carbocycles. The minimum Gasteiger partial charge on any atom is -0.497 e. The van der Waals surface area contributed by atoms with Crippen molar-refractivity contribution >= 4 is 5.91 Å². The van der Waals surface area contributed by atoms with E-state index in [1.54, 1.807) is 18.0 Å². The molecule has 3 rings (SSSR count). The number of nitrogens with one attached hydrogen (secondary N) is 1. The fraction of sp³-hybridized carbons (Fsp3) is 0.500. The third-order valence-corrected chi connectivity index (χ3v) is 4.45. The van der Waals surface area contributed by atoms with Gasteiger partial charge in [-0.25, -0.2) is 4.68 Å². The predicted octanol–water partition coefficient (Wildman–Crippen LogP) is 2.79. The van der Waals surface area contributed by atoms with Crippen LogP contribution in [0, 0.1) is 0 Å². The zero-order chi connectivity index (χ0) is 16.8. The summed E-state index contributed by atoms with van der Waals surface area (Å²) in [6, 6.07) is 7.93. The molecule has 0 radical (unpaired) electrons. The Morgan fingerprint density at radius 1 is 1.21 bits per heavy atom. The first-order valence-corrected chi connectivity index (χ1v) is 8.58. The Balaban J connectivity index is 1.57. The molecule has 2 aromatic rings. The van der Waals surface area contributed by atoms with Crippen LogP contribution in [0.25, 0.3) is 11.3 Å². The molecule has 1 aliphatic rings. The summed E-state index contributed by atoms with van der Waals surface area (Å²) >= 11 is 0. The van der Waals surface area contributed by atoms with Gasteiger partial charge in [0.15, 0.2) is 0 Å². The van der Waals surface area contributed by atoms with Gasteiger partial charge in [-0.05, 0) is 37.1 Å². The van der Waals surface area contributed by atoms with Gasteiger partial charge in [0.05, 0.1) is 13.3 Å². The molecule has 1 aliphatic carbocycles. The van der Waals surface area contributed by atoms with Crippen LogP contribution in [-0.2, 0) is 11.3 Å². The van der Waals surface area contributed by atoms with Crippen molar-refractivity contribution in [3.05, 3.63) is 30.5 Å². The molecule has 6 nitrogen and oxygen atoms in total. The molecule has 0 unspecified atom stereocenters. The Morgan fingerprint density at radius 2 is 1.92 bits per heavy atom. The third kappa shape index (κ3) is 4.34. The molecule has 0 spiro atoms. The van der Waals surface area contributed by atoms with Gasteiger partial charge in [0.2, 0.25) is 5.91 Å². The Labute approximate surface area is 142 Å². The van der Waals surface area contributed by atoms with Gasteiger partial charge in [0.25, 0.3) is 0 Å². The standard InChI is InChI=1S/C18H24N4O2/c1-24-16-10-8-14(9-11-16)17-12-22(21-20-17)13-18(23)19-15-6-4-2-3-5-7-15/h8-12,15H,2-7,13H2,1H3,(H,19,23). The van der Waals surface area contributed by atoms with E-state index in [1.807, 2.05) is 24.3 Å². The van der Waals surface area contributed by atoms with E-state index in [1.165, 1.54) is 25.7 Å². The highest BCUT2D eigenvalue weighted by molar-refractivity contribution is 5.76. The number of benzene rings is 1. The Hall–Kier alpha value is -2.37. The van der Waals surface area contributed by atoms with E-state index >= 15 is 0 Å². The molecule has 1 aromatic heterocycles. The number of carbonyl (C=O) groups is 1. The van der Waals surface area contributed by atoms with E-state index in [2.05, 4.69) is 15.6 Å². The average Bonchev–Trinajstić information content (AvgIpc) is 2.90. The van der Waals surface area contributed by atoms with E-state index in [-0.39, 0.29) is 12.5 Å². The largest absolute Gasteiger partial charge is 0.497 e. The van der Waals surface area contributed by atoms with Crippen molar-refractivity contribution in [1.29, 1.82) is 0 Å². The van der Waals surface area contributed by atoms with Crippen molar-refractivity contribution in [2.75, 3.05) is 7.11 Å². The summed E-state index contributed by atoms with van der Waals surface area (Å²) in [6.07, 6.45) is 8.93. The Bertz CT molecular complexity index is 658. The first-order chi connectivity index (χ1) is 11.7. The zero-order valence-corrected chi connectivity index (χ0v) is 14.1. The number of aromatic nitrogens is 3. The van der Waals surface area contributed by atoms with E-state index in [0.717, 1.165) is 29.8 Å². The number of hydrogen-bond donors (Lipinski definition) is 1. The van der Waals surface area contributed by atoms with E-state index in [4.69, 9.17) is 4.74 Å². The number of ether oxygens (including phenoxy) is 1. The second kappa shape index (κ2) is 7.95. The van der Waals surface area contributed by atoms with Crippen LogP contribution in [0.15, 0.2) is 30.5 Å². The van der Waals surface area contributed by atoms with Crippen molar-refractivity contribution < 1.29 is 9.53 Å². The average molecular weight is 328 g/mol. The van der Waals surface area contributed by atoms with Gasteiger partial charge in [-0.3, -0.25) is 4.79 Å². The molecule has 24 heavy (non-hydrogen) atoms. The summed E-state index contributed by atoms with van der Waals surface area (Å²) in [7, 11) is 1.64. The van der Waals surface area contributed by atoms with Gasteiger partial charge in [0, 0.05) is 11.6 Å². The molecule has 6 heteroatoms. The van der Waals surface area contributed by atoms with Crippen LogP contribution in [0.1, 0.15) is 38.5 Å². The Kier molecular flexibility index (Phi) is 5.46. The van der Waals surface area contributed by atoms with E-state index < -0.39 is 0 Å². The smallest absolute Gasteiger partial charge is 0.242 e. The molecular weight excluding hydrogens is 304 g/mol. The highest BCUT2D eigenvalue weighted by atomic mass is 16.5. The molecule has 1 saturated carbocycles. The first kappa shape index (κ1) is 16.5. The summed E-state index contributed by atoms with van der Waals surface area (Å²) < 4.78 is 6.74. The van der Waals surface area contributed by atoms with Crippen molar-refractivity contribution in [1.82, 2.24) is 20.3 Å². The molecule has 1 amide bonds. The first-order valence-electron chi connectivity index (χ1n) is 8.58. The monoisotopic (exact) mass is 328 g/mol. The van der Waals surface area contributed by atoms with Crippen LogP contribution in [-0.4, -0.2) is 34.1 Å². The lowest BCUT2D eigenvalue weighted by molar-refractivity contribution is -0.122. The van der Waals surface area contributed by atoms with Crippen LogP contribution in [0.3, 0.4) is 0 Å². The summed E-state index contributed by atoms with van der Waals surface area (Å²) in [5.41, 5.74) is 1.70. The molecule has 0 bridgehead atoms. The minimum absolute atomic E-state index is 0.00748. The second-order valence-electron chi connectivity index (χ2n) is 6.29. The number of hydrogen-bond acceptors (Lipinski definition) is 4. The van der Waals surface area contributed by atoms with E-state index in [0.29, 0.717) is 6.04 Å². The second-order valence-corrected chi connectivity index (χ2v) is 6.29. The van der Waals surface area contributed by atoms with Gasteiger partial charge in [-0.1, -0.05) is 30.9 Å². The highest BCUT2D eigenvalue weighted by Gasteiger charge is 2.15. The van der Waals surface area contributed by atoms with Crippen molar-refractivity contribution in [2.24, 2.45) is 0 Å². The number of amides is 1. The quantitative estimate of drug-likeness (QED) is 0.857. The van der Waals surface area contributed by atoms with Crippen molar-refractivity contribution in [3.63, 3.8) is 0 Å². The number of methoxy groups -OCH3 is 1. The number of nitrogens with zero attached hydrogens (tertiary/aromatic N) is 3. The molecule has 1 heterocycles. The van der Waals surface area contributed by atoms with E-state index in [9.17, 15) is 4.79 Å². The molecule has 0 aliphatic heterocycles. The van der Waals surface area contributed by atoms with Gasteiger partial charge in [-0.2, -0.15) is 0 Å². The Morgan fingerprint density at radius 3 is 2.58 bits per heavy atom. The van der Waals surface area contributed by atoms with Gasteiger partial charge in [0.1, 0.15) is 18.0 Å². The van der Waals surface area contributed by atoms with Crippen molar-refractivity contribution in [2.45, 2.75) is 51.1 Å². The lowest BCUT2D eigenvalue weighted by atomic mass is 10.1. The van der Waals surface area contributed by atoms with Gasteiger partial charge < -0.3 is 10.1 Å². The van der Waals surface area contributed by atoms with Crippen LogP contribution in [0.2, 0.25) is 0 Å². The molecule has 1 N–H and O–H groups in total. The highest BCUT2D eigenvalue weighted by Crippen LogP contribution is 2.20. The lowest BCUT2D eigenvalue weighted by Gasteiger charge is -2.15.